The molecule has 0 aliphatic heterocycles. The second kappa shape index (κ2) is 42.3. The number of rotatable bonds is 46. The number of Topliss-reactive ketones (excluding diaryl/α,β-unsaturated/α-hetero) is 3. The molecule has 13 heteroatoms. The number of carboxylic acids is 1. The normalized spacial score (nSPS) is 11.8. The van der Waals surface area contributed by atoms with Gasteiger partial charge in [0, 0.05) is 38.6 Å². The Labute approximate surface area is 338 Å². The van der Waals surface area contributed by atoms with E-state index in [4.69, 9.17) is 28.4 Å². The van der Waals surface area contributed by atoms with E-state index in [1.807, 2.05) is 0 Å². The van der Waals surface area contributed by atoms with Crippen LogP contribution in [0.15, 0.2) is 0 Å². The van der Waals surface area contributed by atoms with Gasteiger partial charge in [0.1, 0.15) is 17.3 Å². The number of carbonyl (C=O) groups is 5. The van der Waals surface area contributed by atoms with E-state index in [-0.39, 0.29) is 36.7 Å². The van der Waals surface area contributed by atoms with Crippen molar-refractivity contribution < 1.29 is 57.5 Å². The Balaban J connectivity index is 3.53. The maximum atomic E-state index is 12.4. The zero-order valence-corrected chi connectivity index (χ0v) is 35.3. The molecular weight excluding hydrogens is 722 g/mol. The van der Waals surface area contributed by atoms with Crippen molar-refractivity contribution in [1.82, 2.24) is 5.32 Å². The zero-order chi connectivity index (χ0) is 41.2. The molecule has 0 fully saturated rings. The van der Waals surface area contributed by atoms with Crippen molar-refractivity contribution in [3.63, 3.8) is 0 Å². The summed E-state index contributed by atoms with van der Waals surface area (Å²) in [5.41, 5.74) is 0. The molecule has 0 saturated carbocycles. The lowest BCUT2D eigenvalue weighted by molar-refractivity contribution is -0.144. The van der Waals surface area contributed by atoms with Crippen LogP contribution < -0.4 is 5.32 Å². The summed E-state index contributed by atoms with van der Waals surface area (Å²) in [7, 11) is 0. The van der Waals surface area contributed by atoms with Gasteiger partial charge in [0.2, 0.25) is 5.91 Å². The fraction of sp³-hybridized carbons (Fsp3) is 0.884. The van der Waals surface area contributed by atoms with E-state index in [0.717, 1.165) is 32.1 Å². The fourth-order valence-electron chi connectivity index (χ4n) is 5.93. The molecule has 0 spiro atoms. The van der Waals surface area contributed by atoms with Gasteiger partial charge in [-0.3, -0.25) is 19.2 Å². The Kier molecular flexibility index (Phi) is 40.6. The van der Waals surface area contributed by atoms with Crippen molar-refractivity contribution in [2.75, 3.05) is 85.8 Å². The third-order valence-electron chi connectivity index (χ3n) is 9.30. The van der Waals surface area contributed by atoms with E-state index >= 15 is 0 Å². The van der Waals surface area contributed by atoms with Crippen molar-refractivity contribution in [3.05, 3.63) is 0 Å². The van der Waals surface area contributed by atoms with Crippen LogP contribution in [0.5, 0.6) is 0 Å². The highest BCUT2D eigenvalue weighted by atomic mass is 16.6. The predicted octanol–water partition coefficient (Wildman–Crippen LogP) is 7.23. The third kappa shape index (κ3) is 42.8. The first kappa shape index (κ1) is 53.7. The van der Waals surface area contributed by atoms with Gasteiger partial charge in [0.05, 0.1) is 85.2 Å². The van der Waals surface area contributed by atoms with E-state index in [2.05, 4.69) is 5.32 Å². The minimum absolute atomic E-state index is 0.0242. The maximum Gasteiger partial charge on any atom is 0.306 e. The molecule has 0 heterocycles. The molecule has 0 unspecified atom stereocenters. The highest BCUT2D eigenvalue weighted by Crippen LogP contribution is 2.17. The lowest BCUT2D eigenvalue weighted by atomic mass is 9.94. The number of aliphatic carboxylic acids is 1. The zero-order valence-electron chi connectivity index (χ0n) is 35.3. The number of ether oxygens (including phenoxy) is 6. The Bertz CT molecular complexity index is 963. The number of ketones is 3. The summed E-state index contributed by atoms with van der Waals surface area (Å²) < 4.78 is 32.4. The molecule has 0 aromatic carbocycles. The molecule has 0 radical (unpaired) electrons. The van der Waals surface area contributed by atoms with Crippen LogP contribution in [0.2, 0.25) is 0 Å². The molecule has 13 nitrogen and oxygen atoms in total. The fourth-order valence-corrected chi connectivity index (χ4v) is 5.93. The van der Waals surface area contributed by atoms with Gasteiger partial charge in [-0.1, -0.05) is 89.9 Å². The molecule has 0 aliphatic carbocycles. The Hall–Kier alpha value is -2.29. The van der Waals surface area contributed by atoms with Gasteiger partial charge in [-0.15, -0.1) is 0 Å². The smallest absolute Gasteiger partial charge is 0.306 e. The van der Waals surface area contributed by atoms with Gasteiger partial charge < -0.3 is 43.6 Å². The lowest BCUT2D eigenvalue weighted by Crippen LogP contribution is -2.29. The highest BCUT2D eigenvalue weighted by Gasteiger charge is 2.22. The number of carboxylic acid groups (broad SMARTS) is 1. The van der Waals surface area contributed by atoms with Crippen LogP contribution in [0.1, 0.15) is 155 Å². The predicted molar refractivity (Wildman–Crippen MR) is 217 cm³/mol. The SMILES string of the molecule is CC(=O)CCCCCCCCCCCCCCCCCCC(=O)C[C@@H](CCC(=O)NCCOCCOCCOCCOCCOCCOCCC(C)=O)C(=O)O. The van der Waals surface area contributed by atoms with Crippen LogP contribution >= 0.6 is 0 Å². The molecule has 0 saturated heterocycles. The third-order valence-corrected chi connectivity index (χ3v) is 9.30. The average molecular weight is 802 g/mol. The summed E-state index contributed by atoms with van der Waals surface area (Å²) in [5.74, 6) is -1.76. The Morgan fingerprint density at radius 3 is 1.14 bits per heavy atom. The van der Waals surface area contributed by atoms with Gasteiger partial charge in [-0.05, 0) is 33.1 Å². The van der Waals surface area contributed by atoms with E-state index in [9.17, 15) is 29.1 Å². The number of unbranched alkanes of at least 4 members (excludes halogenated alkanes) is 15. The number of hydrogen-bond donors (Lipinski definition) is 2. The van der Waals surface area contributed by atoms with Crippen LogP contribution in [0.3, 0.4) is 0 Å². The van der Waals surface area contributed by atoms with Crippen molar-refractivity contribution in [2.24, 2.45) is 5.92 Å². The largest absolute Gasteiger partial charge is 0.481 e. The van der Waals surface area contributed by atoms with Crippen LogP contribution in [-0.4, -0.2) is 120 Å². The molecule has 0 rings (SSSR count). The van der Waals surface area contributed by atoms with Crippen LogP contribution in [0, 0.1) is 5.92 Å². The summed E-state index contributed by atoms with van der Waals surface area (Å²) in [6.45, 7) is 8.63. The van der Waals surface area contributed by atoms with E-state index in [0.29, 0.717) is 104 Å². The summed E-state index contributed by atoms with van der Waals surface area (Å²) >= 11 is 0. The molecule has 0 aromatic heterocycles. The van der Waals surface area contributed by atoms with Gasteiger partial charge in [0.25, 0.3) is 0 Å². The lowest BCUT2D eigenvalue weighted by Gasteiger charge is -2.12. The first-order chi connectivity index (χ1) is 27.2. The second-order valence-electron chi connectivity index (χ2n) is 14.7. The van der Waals surface area contributed by atoms with Gasteiger partial charge >= 0.3 is 5.97 Å². The molecule has 2 N–H and O–H groups in total. The number of amides is 1. The van der Waals surface area contributed by atoms with Crippen LogP contribution in [-0.2, 0) is 52.4 Å². The monoisotopic (exact) mass is 802 g/mol. The highest BCUT2D eigenvalue weighted by molar-refractivity contribution is 5.84. The maximum absolute atomic E-state index is 12.4. The first-order valence-electron chi connectivity index (χ1n) is 21.7. The topological polar surface area (TPSA) is 173 Å². The summed E-state index contributed by atoms with van der Waals surface area (Å²) in [6.07, 6.45) is 20.9. The van der Waals surface area contributed by atoms with Gasteiger partial charge in [-0.25, -0.2) is 0 Å². The van der Waals surface area contributed by atoms with E-state index in [1.54, 1.807) is 6.92 Å². The summed E-state index contributed by atoms with van der Waals surface area (Å²) in [6, 6.07) is 0. The molecule has 56 heavy (non-hydrogen) atoms. The van der Waals surface area contributed by atoms with Crippen LogP contribution in [0.25, 0.3) is 0 Å². The minimum Gasteiger partial charge on any atom is -0.481 e. The molecule has 0 bridgehead atoms. The Morgan fingerprint density at radius 1 is 0.429 bits per heavy atom. The quantitative estimate of drug-likeness (QED) is 0.0593. The molecular formula is C43H79NO12. The molecule has 0 aromatic rings. The molecule has 328 valence electrons. The van der Waals surface area contributed by atoms with Crippen LogP contribution in [0.4, 0.5) is 0 Å². The molecule has 0 aliphatic rings. The van der Waals surface area contributed by atoms with Crippen molar-refractivity contribution in [2.45, 2.75) is 155 Å². The molecule has 1 atom stereocenters. The number of nitrogens with one attached hydrogen (secondary N) is 1. The van der Waals surface area contributed by atoms with Gasteiger partial charge in [0.15, 0.2) is 0 Å². The average Bonchev–Trinajstić information content (AvgIpc) is 3.16. The van der Waals surface area contributed by atoms with Crippen molar-refractivity contribution in [3.8, 4) is 0 Å². The summed E-state index contributed by atoms with van der Waals surface area (Å²) in [4.78, 5) is 58.1. The van der Waals surface area contributed by atoms with E-state index in [1.165, 1.54) is 84.0 Å². The summed E-state index contributed by atoms with van der Waals surface area (Å²) in [5, 5.41) is 12.3. The van der Waals surface area contributed by atoms with E-state index < -0.39 is 11.9 Å². The first-order valence-corrected chi connectivity index (χ1v) is 21.7. The second-order valence-corrected chi connectivity index (χ2v) is 14.7. The minimum atomic E-state index is -1.03. The Morgan fingerprint density at radius 2 is 0.768 bits per heavy atom. The van der Waals surface area contributed by atoms with Gasteiger partial charge in [-0.2, -0.15) is 0 Å². The molecule has 1 amide bonds. The standard InChI is InChI=1S/C43H79NO12/c1-38(45)19-17-15-13-11-9-7-5-3-4-6-8-10-12-14-16-18-20-41(47)37-40(43(49)50)21-22-42(48)44-24-26-52-28-30-54-32-34-56-36-35-55-33-31-53-29-27-51-25-23-39(2)46/h40H,3-37H2,1-2H3,(H,44,48)(H,49,50)/t40-/m1/s1. The number of carbonyl (C=O) groups excluding carboxylic acids is 4. The van der Waals surface area contributed by atoms with Crippen molar-refractivity contribution in [1.29, 1.82) is 0 Å². The number of hydrogen-bond acceptors (Lipinski definition) is 11. The van der Waals surface area contributed by atoms with Crippen molar-refractivity contribution >= 4 is 29.2 Å².